The van der Waals surface area contributed by atoms with E-state index < -0.39 is 18.9 Å². The van der Waals surface area contributed by atoms with Crippen LogP contribution in [0.25, 0.3) is 11.3 Å². The second kappa shape index (κ2) is 5.03. The summed E-state index contributed by atoms with van der Waals surface area (Å²) in [6.07, 6.45) is -3.11. The Bertz CT molecular complexity index is 573. The third-order valence-corrected chi connectivity index (χ3v) is 2.54. The zero-order valence-electron chi connectivity index (χ0n) is 9.59. The first kappa shape index (κ1) is 13.6. The van der Waals surface area contributed by atoms with E-state index in [-0.39, 0.29) is 11.0 Å². The van der Waals surface area contributed by atoms with Crippen molar-refractivity contribution in [1.29, 1.82) is 0 Å². The minimum atomic E-state index is -4.56. The molecule has 1 aromatic heterocycles. The highest BCUT2D eigenvalue weighted by Crippen LogP contribution is 2.31. The Hall–Kier alpha value is -1.86. The number of alkyl halides is 3. The molecule has 0 unspecified atom stereocenters. The molecule has 0 fully saturated rings. The minimum absolute atomic E-state index is 0.179. The Labute approximate surface area is 107 Å². The number of halogens is 3. The molecule has 98 valence electrons. The lowest BCUT2D eigenvalue weighted by Gasteiger charge is -2.11. The molecule has 1 heterocycles. The summed E-state index contributed by atoms with van der Waals surface area (Å²) in [4.78, 5) is 3.94. The first-order chi connectivity index (χ1) is 8.88. The third-order valence-electron chi connectivity index (χ3n) is 2.54. The first-order valence-electron chi connectivity index (χ1n) is 5.37. The van der Waals surface area contributed by atoms with Gasteiger partial charge in [0.15, 0.2) is 0 Å². The summed E-state index contributed by atoms with van der Waals surface area (Å²) >= 11 is 0. The maximum absolute atomic E-state index is 12.7. The summed E-state index contributed by atoms with van der Waals surface area (Å²) in [6, 6.07) is 7.72. The molecule has 2 rings (SSSR count). The van der Waals surface area contributed by atoms with Crippen molar-refractivity contribution in [2.24, 2.45) is 0 Å². The van der Waals surface area contributed by atoms with E-state index in [2.05, 4.69) is 4.98 Å². The summed E-state index contributed by atoms with van der Waals surface area (Å²) < 4.78 is 38.2. The van der Waals surface area contributed by atoms with Crippen molar-refractivity contribution in [3.8, 4) is 11.3 Å². The molecular formula is C12H9BF3NO2. The summed E-state index contributed by atoms with van der Waals surface area (Å²) in [5.74, 6) is 0. The van der Waals surface area contributed by atoms with Crippen molar-refractivity contribution in [3.63, 3.8) is 0 Å². The van der Waals surface area contributed by atoms with Crippen LogP contribution >= 0.6 is 0 Å². The first-order valence-corrected chi connectivity index (χ1v) is 5.37. The van der Waals surface area contributed by atoms with Crippen LogP contribution in [-0.2, 0) is 6.18 Å². The molecule has 0 atom stereocenters. The highest BCUT2D eigenvalue weighted by atomic mass is 19.4. The van der Waals surface area contributed by atoms with Gasteiger partial charge in [-0.1, -0.05) is 18.2 Å². The molecule has 0 radical (unpaired) electrons. The Morgan fingerprint density at radius 2 is 1.79 bits per heavy atom. The van der Waals surface area contributed by atoms with Crippen LogP contribution in [0.15, 0.2) is 42.6 Å². The van der Waals surface area contributed by atoms with E-state index in [1.54, 1.807) is 18.2 Å². The van der Waals surface area contributed by atoms with E-state index in [1.165, 1.54) is 12.3 Å². The zero-order chi connectivity index (χ0) is 14.0. The van der Waals surface area contributed by atoms with Gasteiger partial charge in [0.2, 0.25) is 0 Å². The van der Waals surface area contributed by atoms with Crippen LogP contribution in [0.1, 0.15) is 5.56 Å². The number of rotatable bonds is 2. The highest BCUT2D eigenvalue weighted by Gasteiger charge is 2.32. The van der Waals surface area contributed by atoms with Gasteiger partial charge in [-0.3, -0.25) is 4.98 Å². The topological polar surface area (TPSA) is 53.4 Å². The number of benzene rings is 1. The number of pyridine rings is 1. The molecular weight excluding hydrogens is 258 g/mol. The molecule has 2 aromatic rings. The normalized spacial score (nSPS) is 11.4. The molecule has 0 amide bonds. The third kappa shape index (κ3) is 3.13. The predicted molar refractivity (Wildman–Crippen MR) is 64.5 cm³/mol. The second-order valence-electron chi connectivity index (χ2n) is 3.93. The van der Waals surface area contributed by atoms with Gasteiger partial charge in [-0.25, -0.2) is 0 Å². The van der Waals surface area contributed by atoms with Crippen molar-refractivity contribution >= 4 is 12.6 Å². The summed E-state index contributed by atoms with van der Waals surface area (Å²) in [5, 5.41) is 18.1. The van der Waals surface area contributed by atoms with Crippen molar-refractivity contribution in [2.75, 3.05) is 0 Å². The fourth-order valence-electron chi connectivity index (χ4n) is 1.65. The van der Waals surface area contributed by atoms with E-state index >= 15 is 0 Å². The Morgan fingerprint density at radius 1 is 1.05 bits per heavy atom. The van der Waals surface area contributed by atoms with E-state index in [0.29, 0.717) is 11.8 Å². The van der Waals surface area contributed by atoms with Crippen LogP contribution in [0.4, 0.5) is 13.2 Å². The molecule has 0 aliphatic carbocycles. The number of hydrogen-bond donors (Lipinski definition) is 2. The van der Waals surface area contributed by atoms with Crippen LogP contribution in [0.3, 0.4) is 0 Å². The summed E-state index contributed by atoms with van der Waals surface area (Å²) in [6.45, 7) is 0. The van der Waals surface area contributed by atoms with E-state index in [0.717, 1.165) is 6.07 Å². The maximum atomic E-state index is 12.7. The van der Waals surface area contributed by atoms with Crippen molar-refractivity contribution in [2.45, 2.75) is 6.18 Å². The van der Waals surface area contributed by atoms with Gasteiger partial charge in [-0.05, 0) is 23.7 Å². The molecule has 0 aliphatic heterocycles. The molecule has 0 bridgehead atoms. The second-order valence-corrected chi connectivity index (χ2v) is 3.93. The minimum Gasteiger partial charge on any atom is -0.423 e. The van der Waals surface area contributed by atoms with Gasteiger partial charge in [0.05, 0.1) is 11.3 Å². The zero-order valence-corrected chi connectivity index (χ0v) is 9.59. The standard InChI is InChI=1S/C12H9BF3NO2/c14-12(15,16)9-5-8(6-10(7-9)13(18)19)11-3-1-2-4-17-11/h1-7,18-19H. The van der Waals surface area contributed by atoms with Gasteiger partial charge in [-0.2, -0.15) is 13.2 Å². The molecule has 1 aromatic carbocycles. The van der Waals surface area contributed by atoms with Gasteiger partial charge >= 0.3 is 13.3 Å². The average Bonchev–Trinajstić information content (AvgIpc) is 2.38. The van der Waals surface area contributed by atoms with Crippen LogP contribution in [0.5, 0.6) is 0 Å². The van der Waals surface area contributed by atoms with E-state index in [4.69, 9.17) is 10.0 Å². The van der Waals surface area contributed by atoms with Crippen LogP contribution in [0, 0.1) is 0 Å². The van der Waals surface area contributed by atoms with E-state index in [9.17, 15) is 13.2 Å². The van der Waals surface area contributed by atoms with Crippen LogP contribution < -0.4 is 5.46 Å². The molecule has 7 heteroatoms. The SMILES string of the molecule is OB(O)c1cc(-c2ccccn2)cc(C(F)(F)F)c1. The number of hydrogen-bond acceptors (Lipinski definition) is 3. The smallest absolute Gasteiger partial charge is 0.423 e. The quantitative estimate of drug-likeness (QED) is 0.809. The molecule has 2 N–H and O–H groups in total. The molecule has 19 heavy (non-hydrogen) atoms. The van der Waals surface area contributed by atoms with E-state index in [1.807, 2.05) is 0 Å². The van der Waals surface area contributed by atoms with Crippen molar-refractivity contribution < 1.29 is 23.2 Å². The average molecular weight is 267 g/mol. The van der Waals surface area contributed by atoms with Crippen LogP contribution in [-0.4, -0.2) is 22.2 Å². The lowest BCUT2D eigenvalue weighted by molar-refractivity contribution is -0.137. The van der Waals surface area contributed by atoms with Gasteiger partial charge in [0.25, 0.3) is 0 Å². The lowest BCUT2D eigenvalue weighted by Crippen LogP contribution is -2.31. The van der Waals surface area contributed by atoms with Crippen LogP contribution in [0.2, 0.25) is 0 Å². The lowest BCUT2D eigenvalue weighted by atomic mass is 9.78. The monoisotopic (exact) mass is 267 g/mol. The van der Waals surface area contributed by atoms with Gasteiger partial charge < -0.3 is 10.0 Å². The molecule has 0 aliphatic rings. The van der Waals surface area contributed by atoms with Gasteiger partial charge in [0.1, 0.15) is 0 Å². The highest BCUT2D eigenvalue weighted by molar-refractivity contribution is 6.58. The van der Waals surface area contributed by atoms with Crippen molar-refractivity contribution in [3.05, 3.63) is 48.2 Å². The summed E-state index contributed by atoms with van der Waals surface area (Å²) in [7, 11) is -1.97. The number of aromatic nitrogens is 1. The summed E-state index contributed by atoms with van der Waals surface area (Å²) in [5.41, 5.74) is -0.664. The molecule has 0 saturated heterocycles. The van der Waals surface area contributed by atoms with Gasteiger partial charge in [0, 0.05) is 11.8 Å². The molecule has 0 saturated carbocycles. The molecule has 0 spiro atoms. The Morgan fingerprint density at radius 3 is 2.32 bits per heavy atom. The Balaban J connectivity index is 2.59. The van der Waals surface area contributed by atoms with Gasteiger partial charge in [-0.15, -0.1) is 0 Å². The number of nitrogens with zero attached hydrogens (tertiary/aromatic N) is 1. The largest absolute Gasteiger partial charge is 0.488 e. The predicted octanol–water partition coefficient (Wildman–Crippen LogP) is 1.45. The Kier molecular flexibility index (Phi) is 3.59. The fourth-order valence-corrected chi connectivity index (χ4v) is 1.65. The van der Waals surface area contributed by atoms with Crippen molar-refractivity contribution in [1.82, 2.24) is 4.98 Å². The molecule has 3 nitrogen and oxygen atoms in total. The maximum Gasteiger partial charge on any atom is 0.488 e. The fraction of sp³-hybridized carbons (Fsp3) is 0.0833.